The van der Waals surface area contributed by atoms with E-state index in [9.17, 15) is 18.0 Å². The highest BCUT2D eigenvalue weighted by Gasteiger charge is 2.36. The van der Waals surface area contributed by atoms with Crippen molar-refractivity contribution in [1.82, 2.24) is 19.9 Å². The number of nitrogens with zero attached hydrogens (tertiary/aromatic N) is 4. The Bertz CT molecular complexity index is 991. The number of fused-ring (bicyclic) bond motifs is 1. The molecule has 0 aliphatic carbocycles. The minimum Gasteiger partial charge on any atom is -0.338 e. The summed E-state index contributed by atoms with van der Waals surface area (Å²) in [5, 5.41) is 16.2. The number of carbonyl (C=O) groups excluding carboxylic acids is 1. The molecule has 0 bridgehead atoms. The van der Waals surface area contributed by atoms with Gasteiger partial charge in [-0.2, -0.15) is 23.5 Å². The van der Waals surface area contributed by atoms with E-state index in [4.69, 9.17) is 5.26 Å². The molecule has 11 heteroatoms. The van der Waals surface area contributed by atoms with E-state index >= 15 is 0 Å². The fraction of sp³-hybridized carbons (Fsp3) is 0.143. The molecular formula is C14H7BrF3N5OS. The summed E-state index contributed by atoms with van der Waals surface area (Å²) in [6.07, 6.45) is -4.70. The summed E-state index contributed by atoms with van der Waals surface area (Å²) in [6, 6.07) is 5.94. The van der Waals surface area contributed by atoms with Gasteiger partial charge in [-0.15, -0.1) is 11.3 Å². The molecule has 0 fully saturated rings. The zero-order valence-electron chi connectivity index (χ0n) is 12.1. The first-order valence-electron chi connectivity index (χ1n) is 6.68. The van der Waals surface area contributed by atoms with Crippen LogP contribution >= 0.6 is 27.3 Å². The van der Waals surface area contributed by atoms with Gasteiger partial charge in [0.15, 0.2) is 17.0 Å². The van der Waals surface area contributed by atoms with Gasteiger partial charge < -0.3 is 5.32 Å². The Labute approximate surface area is 151 Å². The van der Waals surface area contributed by atoms with Gasteiger partial charge in [0.05, 0.1) is 21.1 Å². The smallest absolute Gasteiger partial charge is 0.338 e. The molecular weight excluding hydrogens is 423 g/mol. The quantitative estimate of drug-likeness (QED) is 0.645. The minimum absolute atomic E-state index is 0.0202. The van der Waals surface area contributed by atoms with E-state index in [1.165, 1.54) is 11.3 Å². The average Bonchev–Trinajstić information content (AvgIpc) is 3.19. The number of rotatable bonds is 3. The van der Waals surface area contributed by atoms with Crippen LogP contribution in [0.1, 0.15) is 16.2 Å². The Morgan fingerprint density at radius 3 is 2.84 bits per heavy atom. The normalized spacial score (nSPS) is 11.5. The predicted octanol–water partition coefficient (Wildman–Crippen LogP) is 3.49. The standard InChI is InChI=1S/C14H7BrF3N5OS/c15-10-11(13(24)20-4-3-19)22-23-9(14(16,17)18)6-7(21-12(10)23)8-2-1-5-25-8/h1-2,5-6H,4H2,(H,20,24). The largest absolute Gasteiger partial charge is 0.433 e. The molecule has 3 aromatic rings. The topological polar surface area (TPSA) is 83.1 Å². The first-order chi connectivity index (χ1) is 11.8. The van der Waals surface area contributed by atoms with Crippen molar-refractivity contribution in [1.29, 1.82) is 5.26 Å². The number of alkyl halides is 3. The van der Waals surface area contributed by atoms with Gasteiger partial charge in [-0.25, -0.2) is 9.50 Å². The Hall–Kier alpha value is -2.45. The molecule has 1 amide bonds. The highest BCUT2D eigenvalue weighted by atomic mass is 79.9. The van der Waals surface area contributed by atoms with Crippen LogP contribution < -0.4 is 5.32 Å². The maximum Gasteiger partial charge on any atom is 0.433 e. The van der Waals surface area contributed by atoms with Crippen LogP contribution in [-0.2, 0) is 6.18 Å². The molecule has 3 heterocycles. The summed E-state index contributed by atoms with van der Waals surface area (Å²) in [7, 11) is 0. The van der Waals surface area contributed by atoms with Crippen molar-refractivity contribution >= 4 is 38.8 Å². The van der Waals surface area contributed by atoms with Crippen molar-refractivity contribution in [3.05, 3.63) is 39.4 Å². The molecule has 0 aromatic carbocycles. The Morgan fingerprint density at radius 2 is 2.24 bits per heavy atom. The van der Waals surface area contributed by atoms with Crippen LogP contribution in [0.2, 0.25) is 0 Å². The Balaban J connectivity index is 2.24. The predicted molar refractivity (Wildman–Crippen MR) is 86.9 cm³/mol. The molecule has 0 aliphatic heterocycles. The first-order valence-corrected chi connectivity index (χ1v) is 8.35. The van der Waals surface area contributed by atoms with E-state index in [0.29, 0.717) is 9.39 Å². The third-order valence-corrected chi connectivity index (χ3v) is 4.76. The average molecular weight is 430 g/mol. The number of aromatic nitrogens is 3. The lowest BCUT2D eigenvalue weighted by Gasteiger charge is -2.10. The van der Waals surface area contributed by atoms with Crippen LogP contribution in [0.5, 0.6) is 0 Å². The summed E-state index contributed by atoms with van der Waals surface area (Å²) in [4.78, 5) is 16.7. The van der Waals surface area contributed by atoms with Crippen molar-refractivity contribution in [2.45, 2.75) is 6.18 Å². The Morgan fingerprint density at radius 1 is 1.48 bits per heavy atom. The molecule has 25 heavy (non-hydrogen) atoms. The first kappa shape index (κ1) is 17.4. The summed E-state index contributed by atoms with van der Waals surface area (Å²) in [5.41, 5.74) is -1.35. The van der Waals surface area contributed by atoms with Crippen LogP contribution in [0, 0.1) is 11.3 Å². The van der Waals surface area contributed by atoms with E-state index in [1.807, 2.05) is 0 Å². The van der Waals surface area contributed by atoms with Crippen molar-refractivity contribution in [3.63, 3.8) is 0 Å². The number of halogens is 4. The second-order valence-corrected chi connectivity index (χ2v) is 6.48. The van der Waals surface area contributed by atoms with Crippen LogP contribution in [0.15, 0.2) is 28.1 Å². The molecule has 1 N–H and O–H groups in total. The van der Waals surface area contributed by atoms with E-state index in [0.717, 1.165) is 6.07 Å². The number of thiophene rings is 1. The fourth-order valence-electron chi connectivity index (χ4n) is 2.09. The maximum absolute atomic E-state index is 13.4. The van der Waals surface area contributed by atoms with E-state index < -0.39 is 17.8 Å². The molecule has 0 atom stereocenters. The zero-order valence-corrected chi connectivity index (χ0v) is 14.5. The van der Waals surface area contributed by atoms with Crippen LogP contribution in [-0.4, -0.2) is 27.0 Å². The molecule has 3 aromatic heterocycles. The number of nitrogens with one attached hydrogen (secondary N) is 1. The van der Waals surface area contributed by atoms with Gasteiger partial charge in [-0.3, -0.25) is 4.79 Å². The van der Waals surface area contributed by atoms with Gasteiger partial charge in [0.2, 0.25) is 0 Å². The summed E-state index contributed by atoms with van der Waals surface area (Å²) < 4.78 is 40.9. The lowest BCUT2D eigenvalue weighted by molar-refractivity contribution is -0.142. The van der Waals surface area contributed by atoms with Crippen molar-refractivity contribution in [3.8, 4) is 16.6 Å². The van der Waals surface area contributed by atoms with Gasteiger partial charge in [0.1, 0.15) is 6.54 Å². The molecule has 3 rings (SSSR count). The van der Waals surface area contributed by atoms with Crippen LogP contribution in [0.25, 0.3) is 16.2 Å². The summed E-state index contributed by atoms with van der Waals surface area (Å²) in [6.45, 7) is -0.293. The van der Waals surface area contributed by atoms with Crippen LogP contribution in [0.4, 0.5) is 13.2 Å². The molecule has 0 unspecified atom stereocenters. The maximum atomic E-state index is 13.4. The fourth-order valence-corrected chi connectivity index (χ4v) is 3.29. The van der Waals surface area contributed by atoms with Crippen molar-refractivity contribution in [2.24, 2.45) is 0 Å². The number of hydrogen-bond acceptors (Lipinski definition) is 5. The van der Waals surface area contributed by atoms with Crippen molar-refractivity contribution in [2.75, 3.05) is 6.54 Å². The molecule has 0 aliphatic rings. The number of amides is 1. The van der Waals surface area contributed by atoms with Gasteiger partial charge in [-0.05, 0) is 33.4 Å². The SMILES string of the molecule is N#CCNC(=O)c1nn2c(C(F)(F)F)cc(-c3cccs3)nc2c1Br. The molecule has 0 saturated heterocycles. The van der Waals surface area contributed by atoms with Crippen molar-refractivity contribution < 1.29 is 18.0 Å². The monoisotopic (exact) mass is 429 g/mol. The van der Waals surface area contributed by atoms with E-state index in [-0.39, 0.29) is 28.1 Å². The van der Waals surface area contributed by atoms with E-state index in [1.54, 1.807) is 23.6 Å². The second-order valence-electron chi connectivity index (χ2n) is 4.74. The lowest BCUT2D eigenvalue weighted by atomic mass is 10.2. The molecule has 6 nitrogen and oxygen atoms in total. The third-order valence-electron chi connectivity index (χ3n) is 3.14. The summed E-state index contributed by atoms with van der Waals surface area (Å²) >= 11 is 4.33. The second kappa shape index (κ2) is 6.45. The number of carbonyl (C=O) groups is 1. The lowest BCUT2D eigenvalue weighted by Crippen LogP contribution is -2.24. The molecule has 128 valence electrons. The number of nitriles is 1. The molecule has 0 radical (unpaired) electrons. The highest BCUT2D eigenvalue weighted by molar-refractivity contribution is 9.10. The third kappa shape index (κ3) is 3.22. The van der Waals surface area contributed by atoms with Gasteiger partial charge in [0.25, 0.3) is 5.91 Å². The van der Waals surface area contributed by atoms with Gasteiger partial charge >= 0.3 is 6.18 Å². The molecule has 0 spiro atoms. The Kier molecular flexibility index (Phi) is 4.49. The number of hydrogen-bond donors (Lipinski definition) is 1. The minimum atomic E-state index is -4.70. The van der Waals surface area contributed by atoms with Crippen LogP contribution in [0.3, 0.4) is 0 Å². The van der Waals surface area contributed by atoms with E-state index in [2.05, 4.69) is 31.3 Å². The highest BCUT2D eigenvalue weighted by Crippen LogP contribution is 2.35. The van der Waals surface area contributed by atoms with Gasteiger partial charge in [0, 0.05) is 0 Å². The van der Waals surface area contributed by atoms with Gasteiger partial charge in [-0.1, -0.05) is 6.07 Å². The summed E-state index contributed by atoms with van der Waals surface area (Å²) in [5.74, 6) is -0.773. The zero-order chi connectivity index (χ0) is 18.2. The molecule has 0 saturated carbocycles.